The highest BCUT2D eigenvalue weighted by Gasteiger charge is 2.19. The number of likely N-dealkylation sites (N-methyl/N-ethyl adjacent to an activating group) is 1. The highest BCUT2D eigenvalue weighted by molar-refractivity contribution is 5.44. The maximum atomic E-state index is 10.3. The van der Waals surface area contributed by atoms with Crippen LogP contribution in [0.5, 0.6) is 5.75 Å². The number of hydrogen-bond donors (Lipinski definition) is 1. The first-order chi connectivity index (χ1) is 10.5. The fourth-order valence-corrected chi connectivity index (χ4v) is 2.97. The molecule has 0 aromatic heterocycles. The van der Waals surface area contributed by atoms with Crippen molar-refractivity contribution >= 4 is 0 Å². The number of benzene rings is 1. The van der Waals surface area contributed by atoms with Crippen LogP contribution in [-0.2, 0) is 0 Å². The van der Waals surface area contributed by atoms with Gasteiger partial charge in [0.15, 0.2) is 0 Å². The van der Waals surface area contributed by atoms with E-state index in [1.165, 1.54) is 11.1 Å². The lowest BCUT2D eigenvalue weighted by atomic mass is 10.1. The topological polar surface area (TPSA) is 35.9 Å². The molecule has 1 heterocycles. The maximum Gasteiger partial charge on any atom is 0.125 e. The molecule has 0 radical (unpaired) electrons. The Hall–Kier alpha value is -1.10. The lowest BCUT2D eigenvalue weighted by Crippen LogP contribution is -2.49. The number of aliphatic hydroxyl groups excluding tert-OH is 1. The molecule has 1 atom stereocenters. The highest BCUT2D eigenvalue weighted by Crippen LogP contribution is 2.25. The molecular formula is C18H30N2O2. The standard InChI is InChI=1S/C18H30N2O2/c1-5-19-8-10-20(11-9-19)12-17(21)13-22-18-15(3)7-6-14(2)16(18)4/h6-7,17,21H,5,8-13H2,1-4H3/t17-/m0/s1. The van der Waals surface area contributed by atoms with Gasteiger partial charge in [-0.3, -0.25) is 4.90 Å². The van der Waals surface area contributed by atoms with Crippen LogP contribution in [0.25, 0.3) is 0 Å². The molecule has 1 fully saturated rings. The summed E-state index contributed by atoms with van der Waals surface area (Å²) in [5.74, 6) is 0.926. The average molecular weight is 306 g/mol. The number of ether oxygens (including phenoxy) is 1. The van der Waals surface area contributed by atoms with Crippen LogP contribution in [0.1, 0.15) is 23.6 Å². The molecular weight excluding hydrogens is 276 g/mol. The summed E-state index contributed by atoms with van der Waals surface area (Å²) in [6, 6.07) is 4.19. The molecule has 0 amide bonds. The Bertz CT molecular complexity index is 482. The first-order valence-corrected chi connectivity index (χ1v) is 8.33. The second-order valence-corrected chi connectivity index (χ2v) is 6.35. The second-order valence-electron chi connectivity index (χ2n) is 6.35. The van der Waals surface area contributed by atoms with Gasteiger partial charge in [-0.15, -0.1) is 0 Å². The molecule has 4 heteroatoms. The Balaban J connectivity index is 1.81. The van der Waals surface area contributed by atoms with Crippen molar-refractivity contribution in [3.63, 3.8) is 0 Å². The quantitative estimate of drug-likeness (QED) is 0.872. The summed E-state index contributed by atoms with van der Waals surface area (Å²) >= 11 is 0. The van der Waals surface area contributed by atoms with Gasteiger partial charge in [-0.1, -0.05) is 19.1 Å². The average Bonchev–Trinajstić information content (AvgIpc) is 2.52. The number of aryl methyl sites for hydroxylation is 2. The van der Waals surface area contributed by atoms with Gasteiger partial charge < -0.3 is 14.7 Å². The zero-order chi connectivity index (χ0) is 16.1. The zero-order valence-electron chi connectivity index (χ0n) is 14.4. The van der Waals surface area contributed by atoms with Gasteiger partial charge in [-0.25, -0.2) is 0 Å². The normalized spacial score (nSPS) is 18.4. The predicted molar refractivity (Wildman–Crippen MR) is 90.7 cm³/mol. The maximum absolute atomic E-state index is 10.3. The van der Waals surface area contributed by atoms with Crippen molar-refractivity contribution in [2.45, 2.75) is 33.8 Å². The third kappa shape index (κ3) is 4.45. The van der Waals surface area contributed by atoms with Crippen LogP contribution < -0.4 is 4.74 Å². The highest BCUT2D eigenvalue weighted by atomic mass is 16.5. The summed E-state index contributed by atoms with van der Waals surface area (Å²) in [5.41, 5.74) is 3.53. The van der Waals surface area contributed by atoms with Crippen LogP contribution in [0.2, 0.25) is 0 Å². The molecule has 1 aliphatic heterocycles. The van der Waals surface area contributed by atoms with E-state index in [1.54, 1.807) is 0 Å². The Morgan fingerprint density at radius 1 is 1.05 bits per heavy atom. The minimum Gasteiger partial charge on any atom is -0.490 e. The Labute approximate surface area is 134 Å². The smallest absolute Gasteiger partial charge is 0.125 e. The summed E-state index contributed by atoms with van der Waals surface area (Å²) < 4.78 is 5.91. The zero-order valence-corrected chi connectivity index (χ0v) is 14.4. The number of piperazine rings is 1. The molecule has 1 aromatic carbocycles. The summed E-state index contributed by atoms with van der Waals surface area (Å²) in [6.07, 6.45) is -0.438. The Kier molecular flexibility index (Phi) is 6.24. The van der Waals surface area contributed by atoms with E-state index >= 15 is 0 Å². The van der Waals surface area contributed by atoms with Crippen LogP contribution in [0, 0.1) is 20.8 Å². The molecule has 4 nitrogen and oxygen atoms in total. The first-order valence-electron chi connectivity index (χ1n) is 8.33. The molecule has 0 unspecified atom stereocenters. The van der Waals surface area contributed by atoms with Crippen molar-refractivity contribution in [3.8, 4) is 5.75 Å². The summed E-state index contributed by atoms with van der Waals surface area (Å²) in [5, 5.41) is 10.3. The largest absolute Gasteiger partial charge is 0.490 e. The minimum absolute atomic E-state index is 0.360. The van der Waals surface area contributed by atoms with E-state index in [2.05, 4.69) is 49.6 Å². The second kappa shape index (κ2) is 7.95. The van der Waals surface area contributed by atoms with E-state index in [-0.39, 0.29) is 0 Å². The van der Waals surface area contributed by atoms with Crippen molar-refractivity contribution in [1.82, 2.24) is 9.80 Å². The van der Waals surface area contributed by atoms with Crippen molar-refractivity contribution in [2.24, 2.45) is 0 Å². The van der Waals surface area contributed by atoms with Crippen LogP contribution in [0.3, 0.4) is 0 Å². The van der Waals surface area contributed by atoms with Crippen LogP contribution in [0.15, 0.2) is 12.1 Å². The van der Waals surface area contributed by atoms with Gasteiger partial charge in [0.1, 0.15) is 18.5 Å². The monoisotopic (exact) mass is 306 g/mol. The molecule has 1 aliphatic rings. The molecule has 22 heavy (non-hydrogen) atoms. The van der Waals surface area contributed by atoms with Gasteiger partial charge in [-0.05, 0) is 44.0 Å². The van der Waals surface area contributed by atoms with E-state index in [9.17, 15) is 5.11 Å². The lowest BCUT2D eigenvalue weighted by Gasteiger charge is -2.35. The molecule has 0 bridgehead atoms. The van der Waals surface area contributed by atoms with E-state index < -0.39 is 6.10 Å². The summed E-state index contributed by atoms with van der Waals surface area (Å²) in [6.45, 7) is 14.9. The summed E-state index contributed by atoms with van der Waals surface area (Å²) in [7, 11) is 0. The molecule has 1 N–H and O–H groups in total. The van der Waals surface area contributed by atoms with E-state index in [4.69, 9.17) is 4.74 Å². The van der Waals surface area contributed by atoms with E-state index in [0.717, 1.165) is 44.0 Å². The number of hydrogen-bond acceptors (Lipinski definition) is 4. The molecule has 0 saturated carbocycles. The molecule has 1 aromatic rings. The minimum atomic E-state index is -0.438. The third-order valence-corrected chi connectivity index (χ3v) is 4.67. The van der Waals surface area contributed by atoms with Gasteiger partial charge >= 0.3 is 0 Å². The fourth-order valence-electron chi connectivity index (χ4n) is 2.97. The molecule has 0 spiro atoms. The molecule has 1 saturated heterocycles. The molecule has 124 valence electrons. The van der Waals surface area contributed by atoms with Crippen LogP contribution >= 0.6 is 0 Å². The first kappa shape index (κ1) is 17.3. The van der Waals surface area contributed by atoms with Gasteiger partial charge in [0, 0.05) is 32.7 Å². The number of aliphatic hydroxyl groups is 1. The fraction of sp³-hybridized carbons (Fsp3) is 0.667. The van der Waals surface area contributed by atoms with Crippen molar-refractivity contribution < 1.29 is 9.84 Å². The van der Waals surface area contributed by atoms with Crippen molar-refractivity contribution in [3.05, 3.63) is 28.8 Å². The summed E-state index contributed by atoms with van der Waals surface area (Å²) in [4.78, 5) is 4.77. The lowest BCUT2D eigenvalue weighted by molar-refractivity contribution is 0.0467. The Morgan fingerprint density at radius 2 is 1.64 bits per heavy atom. The van der Waals surface area contributed by atoms with Crippen LogP contribution in [-0.4, -0.2) is 66.9 Å². The predicted octanol–water partition coefficient (Wildman–Crippen LogP) is 1.99. The number of β-amino-alcohol motifs (C(OH)–C–C–N with tert-alkyl or cyclic N) is 1. The number of rotatable bonds is 6. The molecule has 0 aliphatic carbocycles. The van der Waals surface area contributed by atoms with E-state index in [1.807, 2.05) is 0 Å². The van der Waals surface area contributed by atoms with Gasteiger partial charge in [0.25, 0.3) is 0 Å². The Morgan fingerprint density at radius 3 is 2.27 bits per heavy atom. The SMILES string of the molecule is CCN1CCN(C[C@H](O)COc2c(C)ccc(C)c2C)CC1. The molecule has 2 rings (SSSR count). The third-order valence-electron chi connectivity index (χ3n) is 4.67. The van der Waals surface area contributed by atoms with Gasteiger partial charge in [-0.2, -0.15) is 0 Å². The van der Waals surface area contributed by atoms with Gasteiger partial charge in [0.2, 0.25) is 0 Å². The van der Waals surface area contributed by atoms with Crippen molar-refractivity contribution in [1.29, 1.82) is 0 Å². The van der Waals surface area contributed by atoms with Crippen molar-refractivity contribution in [2.75, 3.05) is 45.9 Å². The van der Waals surface area contributed by atoms with Crippen LogP contribution in [0.4, 0.5) is 0 Å². The van der Waals surface area contributed by atoms with Gasteiger partial charge in [0.05, 0.1) is 0 Å². The number of nitrogens with zero attached hydrogens (tertiary/aromatic N) is 2. The van der Waals surface area contributed by atoms with E-state index in [0.29, 0.717) is 13.2 Å².